The van der Waals surface area contributed by atoms with Gasteiger partial charge < -0.3 is 16.0 Å². The molecule has 1 aromatic rings. The van der Waals surface area contributed by atoms with Crippen molar-refractivity contribution in [2.75, 3.05) is 23.7 Å². The summed E-state index contributed by atoms with van der Waals surface area (Å²) >= 11 is 0. The fourth-order valence-electron chi connectivity index (χ4n) is 2.19. The third-order valence-electron chi connectivity index (χ3n) is 3.45. The number of hydrogen-bond acceptors (Lipinski definition) is 3. The van der Waals surface area contributed by atoms with E-state index in [1.165, 1.54) is 25.1 Å². The minimum atomic E-state index is -0.531. The maximum absolute atomic E-state index is 13.7. The second-order valence-corrected chi connectivity index (χ2v) is 5.32. The molecule has 1 unspecified atom stereocenters. The Morgan fingerprint density at radius 2 is 2.05 bits per heavy atom. The van der Waals surface area contributed by atoms with Gasteiger partial charge in [0.2, 0.25) is 11.8 Å². The van der Waals surface area contributed by atoms with Gasteiger partial charge in [0.15, 0.2) is 0 Å². The average Bonchev–Trinajstić information content (AvgIpc) is 2.81. The minimum absolute atomic E-state index is 0. The van der Waals surface area contributed by atoms with Crippen LogP contribution in [0, 0.1) is 11.2 Å². The van der Waals surface area contributed by atoms with Gasteiger partial charge in [-0.05, 0) is 38.1 Å². The molecule has 2 rings (SSSR count). The lowest BCUT2D eigenvalue weighted by Gasteiger charge is -2.21. The van der Waals surface area contributed by atoms with Crippen molar-refractivity contribution in [2.45, 2.75) is 20.3 Å². The molecule has 7 heteroatoms. The van der Waals surface area contributed by atoms with Gasteiger partial charge in [0.25, 0.3) is 0 Å². The lowest BCUT2D eigenvalue weighted by atomic mass is 9.88. The van der Waals surface area contributed by atoms with Crippen LogP contribution in [-0.2, 0) is 9.59 Å². The molecule has 0 radical (unpaired) electrons. The Labute approximate surface area is 129 Å². The van der Waals surface area contributed by atoms with E-state index in [2.05, 4.69) is 16.0 Å². The molecule has 116 valence electrons. The number of amides is 2. The summed E-state index contributed by atoms with van der Waals surface area (Å²) in [5.74, 6) is -0.996. The highest BCUT2D eigenvalue weighted by Gasteiger charge is 2.36. The molecule has 1 atom stereocenters. The van der Waals surface area contributed by atoms with E-state index in [0.29, 0.717) is 18.7 Å². The van der Waals surface area contributed by atoms with Crippen LogP contribution in [0.5, 0.6) is 0 Å². The van der Waals surface area contributed by atoms with E-state index in [1.54, 1.807) is 0 Å². The van der Waals surface area contributed by atoms with Crippen LogP contribution in [0.1, 0.15) is 20.3 Å². The molecule has 5 nitrogen and oxygen atoms in total. The number of benzene rings is 1. The van der Waals surface area contributed by atoms with E-state index >= 15 is 0 Å². The van der Waals surface area contributed by atoms with Gasteiger partial charge in [-0.1, -0.05) is 0 Å². The monoisotopic (exact) mass is 315 g/mol. The van der Waals surface area contributed by atoms with Crippen LogP contribution in [-0.4, -0.2) is 24.9 Å². The minimum Gasteiger partial charge on any atom is -0.326 e. The third-order valence-corrected chi connectivity index (χ3v) is 3.45. The number of hydrogen-bond donors (Lipinski definition) is 3. The van der Waals surface area contributed by atoms with E-state index in [-0.39, 0.29) is 29.9 Å². The van der Waals surface area contributed by atoms with Crippen molar-refractivity contribution >= 4 is 35.6 Å². The average molecular weight is 316 g/mol. The van der Waals surface area contributed by atoms with E-state index < -0.39 is 11.2 Å². The lowest BCUT2D eigenvalue weighted by molar-refractivity contribution is -0.123. The van der Waals surface area contributed by atoms with E-state index in [9.17, 15) is 14.0 Å². The highest BCUT2D eigenvalue weighted by molar-refractivity contribution is 5.96. The summed E-state index contributed by atoms with van der Waals surface area (Å²) in [5, 5.41) is 8.28. The number of rotatable bonds is 3. The predicted molar refractivity (Wildman–Crippen MR) is 82.2 cm³/mol. The number of carbonyl (C=O) groups is 2. The number of nitrogens with one attached hydrogen (secondary N) is 3. The largest absolute Gasteiger partial charge is 0.326 e. The Bertz CT molecular complexity index is 545. The van der Waals surface area contributed by atoms with E-state index in [1.807, 2.05) is 6.92 Å². The standard InChI is InChI=1S/C14H18FN3O2.ClH/c1-9(19)17-10-3-4-11(15)12(7-10)18-13(20)14(2)5-6-16-8-14;/h3-4,7,16H,5-6,8H2,1-2H3,(H,17,19)(H,18,20);1H. The van der Waals surface area contributed by atoms with Crippen LogP contribution >= 0.6 is 12.4 Å². The fraction of sp³-hybridized carbons (Fsp3) is 0.429. The number of anilines is 2. The SMILES string of the molecule is CC(=O)Nc1ccc(F)c(NC(=O)C2(C)CCNC2)c1.Cl. The summed E-state index contributed by atoms with van der Waals surface area (Å²) in [6.07, 6.45) is 0.714. The smallest absolute Gasteiger partial charge is 0.231 e. The van der Waals surface area contributed by atoms with E-state index in [0.717, 1.165) is 6.54 Å². The third kappa shape index (κ3) is 4.15. The summed E-state index contributed by atoms with van der Waals surface area (Å²) in [6, 6.07) is 4.09. The summed E-state index contributed by atoms with van der Waals surface area (Å²) in [7, 11) is 0. The normalized spacial score (nSPS) is 20.5. The molecule has 0 bridgehead atoms. The molecular weight excluding hydrogens is 297 g/mol. The van der Waals surface area contributed by atoms with Gasteiger partial charge in [0.05, 0.1) is 11.1 Å². The molecule has 0 aromatic heterocycles. The van der Waals surface area contributed by atoms with Crippen LogP contribution in [0.3, 0.4) is 0 Å². The highest BCUT2D eigenvalue weighted by Crippen LogP contribution is 2.28. The van der Waals surface area contributed by atoms with Crippen molar-refractivity contribution in [2.24, 2.45) is 5.41 Å². The first-order valence-electron chi connectivity index (χ1n) is 6.50. The predicted octanol–water partition coefficient (Wildman–Crippen LogP) is 2.14. The van der Waals surface area contributed by atoms with Crippen LogP contribution < -0.4 is 16.0 Å². The first kappa shape index (κ1) is 17.4. The quantitative estimate of drug-likeness (QED) is 0.800. The first-order valence-corrected chi connectivity index (χ1v) is 6.50. The molecular formula is C14H19ClFN3O2. The zero-order valence-electron chi connectivity index (χ0n) is 12.0. The zero-order chi connectivity index (χ0) is 14.8. The van der Waals surface area contributed by atoms with Crippen LogP contribution in [0.2, 0.25) is 0 Å². The molecule has 0 saturated carbocycles. The second-order valence-electron chi connectivity index (χ2n) is 5.32. The molecule has 1 aromatic carbocycles. The molecule has 1 saturated heterocycles. The Kier molecular flexibility index (Phi) is 5.69. The van der Waals surface area contributed by atoms with Crippen molar-refractivity contribution in [1.29, 1.82) is 0 Å². The van der Waals surface area contributed by atoms with Crippen LogP contribution in [0.4, 0.5) is 15.8 Å². The number of carbonyl (C=O) groups excluding carboxylic acids is 2. The van der Waals surface area contributed by atoms with Gasteiger partial charge in [-0.3, -0.25) is 9.59 Å². The highest BCUT2D eigenvalue weighted by atomic mass is 35.5. The van der Waals surface area contributed by atoms with Crippen LogP contribution in [0.15, 0.2) is 18.2 Å². The summed E-state index contributed by atoms with van der Waals surface area (Å²) < 4.78 is 13.7. The first-order chi connectivity index (χ1) is 9.40. The summed E-state index contributed by atoms with van der Waals surface area (Å²) in [5.41, 5.74) is -0.00512. The topological polar surface area (TPSA) is 70.2 Å². The van der Waals surface area contributed by atoms with Crippen molar-refractivity contribution in [3.63, 3.8) is 0 Å². The lowest BCUT2D eigenvalue weighted by Crippen LogP contribution is -2.35. The maximum Gasteiger partial charge on any atom is 0.231 e. The van der Waals surface area contributed by atoms with Gasteiger partial charge in [-0.15, -0.1) is 12.4 Å². The summed E-state index contributed by atoms with van der Waals surface area (Å²) in [4.78, 5) is 23.2. The molecule has 0 spiro atoms. The van der Waals surface area contributed by atoms with Crippen molar-refractivity contribution in [1.82, 2.24) is 5.32 Å². The van der Waals surface area contributed by atoms with Gasteiger partial charge in [-0.25, -0.2) is 4.39 Å². The molecule has 0 aliphatic carbocycles. The van der Waals surface area contributed by atoms with Gasteiger partial charge in [0, 0.05) is 19.2 Å². The molecule has 1 fully saturated rings. The van der Waals surface area contributed by atoms with Crippen LogP contribution in [0.25, 0.3) is 0 Å². The Morgan fingerprint density at radius 1 is 1.33 bits per heavy atom. The molecule has 1 aliphatic heterocycles. The zero-order valence-corrected chi connectivity index (χ0v) is 12.8. The van der Waals surface area contributed by atoms with Crippen molar-refractivity contribution in [3.8, 4) is 0 Å². The fourth-order valence-corrected chi connectivity index (χ4v) is 2.19. The molecule has 1 aliphatic rings. The Balaban J connectivity index is 0.00000220. The van der Waals surface area contributed by atoms with Gasteiger partial charge in [0.1, 0.15) is 5.82 Å². The van der Waals surface area contributed by atoms with E-state index in [4.69, 9.17) is 0 Å². The summed E-state index contributed by atoms with van der Waals surface area (Å²) in [6.45, 7) is 4.56. The maximum atomic E-state index is 13.7. The molecule has 21 heavy (non-hydrogen) atoms. The molecule has 3 N–H and O–H groups in total. The second kappa shape index (κ2) is 6.87. The van der Waals surface area contributed by atoms with Crippen molar-refractivity contribution < 1.29 is 14.0 Å². The van der Waals surface area contributed by atoms with Gasteiger partial charge in [-0.2, -0.15) is 0 Å². The molecule has 2 amide bonds. The van der Waals surface area contributed by atoms with Crippen molar-refractivity contribution in [3.05, 3.63) is 24.0 Å². The van der Waals surface area contributed by atoms with Gasteiger partial charge >= 0.3 is 0 Å². The molecule has 1 heterocycles. The Hall–Kier alpha value is -1.66. The number of halogens is 2. The Morgan fingerprint density at radius 3 is 2.62 bits per heavy atom.